The second-order valence-electron chi connectivity index (χ2n) is 3.10. The van der Waals surface area contributed by atoms with Crippen molar-refractivity contribution in [3.05, 3.63) is 0 Å². The summed E-state index contributed by atoms with van der Waals surface area (Å²) in [6.07, 6.45) is 2.71. The van der Waals surface area contributed by atoms with Crippen LogP contribution in [0.15, 0.2) is 0 Å². The first-order chi connectivity index (χ1) is 4.59. The zero-order valence-electron chi connectivity index (χ0n) is 7.89. The minimum atomic E-state index is 0.155. The summed E-state index contributed by atoms with van der Waals surface area (Å²) in [5, 5.41) is 0. The van der Waals surface area contributed by atoms with E-state index in [1.807, 2.05) is 0 Å². The van der Waals surface area contributed by atoms with Gasteiger partial charge < -0.3 is 0 Å². The van der Waals surface area contributed by atoms with E-state index in [1.165, 1.54) is 12.6 Å². The summed E-state index contributed by atoms with van der Waals surface area (Å²) in [6, 6.07) is 0. The first-order valence-electron chi connectivity index (χ1n) is 4.03. The molecule has 0 saturated heterocycles. The molecular formula is C8H20NP. The highest BCUT2D eigenvalue weighted by Gasteiger charge is 2.12. The average molecular weight is 161 g/mol. The number of rotatable bonds is 4. The van der Waals surface area contributed by atoms with Crippen LogP contribution in [0.5, 0.6) is 0 Å². The normalized spacial score (nSPS) is 14.7. The van der Waals surface area contributed by atoms with Crippen molar-refractivity contribution in [2.45, 2.75) is 32.9 Å². The Kier molecular flexibility index (Phi) is 5.29. The van der Waals surface area contributed by atoms with E-state index in [0.29, 0.717) is 0 Å². The van der Waals surface area contributed by atoms with Crippen molar-refractivity contribution in [3.8, 4) is 0 Å². The molecule has 62 valence electrons. The first kappa shape index (κ1) is 10.4. The molecular weight excluding hydrogens is 141 g/mol. The van der Waals surface area contributed by atoms with Crippen LogP contribution in [-0.2, 0) is 0 Å². The summed E-state index contributed by atoms with van der Waals surface area (Å²) in [5.41, 5.74) is 0.852. The molecule has 10 heavy (non-hydrogen) atoms. The second-order valence-corrected chi connectivity index (χ2v) is 6.26. The number of nitrogens with zero attached hydrogens (tertiary/aromatic N) is 1. The van der Waals surface area contributed by atoms with Gasteiger partial charge in [-0.2, -0.15) is 0 Å². The molecule has 0 heterocycles. The fraction of sp³-hybridized carbons (Fsp3) is 1.00. The Morgan fingerprint density at radius 2 is 1.80 bits per heavy atom. The predicted octanol–water partition coefficient (Wildman–Crippen LogP) is 2.76. The average Bonchev–Trinajstić information content (AvgIpc) is 1.81. The molecule has 0 aromatic rings. The molecule has 1 nitrogen and oxygen atoms in total. The van der Waals surface area contributed by atoms with Crippen LogP contribution in [0.25, 0.3) is 0 Å². The maximum absolute atomic E-state index is 2.39. The molecule has 0 fully saturated rings. The van der Waals surface area contributed by atoms with Crippen LogP contribution in [0.2, 0.25) is 0 Å². The van der Waals surface area contributed by atoms with Gasteiger partial charge in [-0.15, -0.1) is 0 Å². The first-order valence-corrected chi connectivity index (χ1v) is 5.58. The van der Waals surface area contributed by atoms with Gasteiger partial charge >= 0.3 is 0 Å². The van der Waals surface area contributed by atoms with Crippen LogP contribution in [0.3, 0.4) is 0 Å². The van der Waals surface area contributed by atoms with Gasteiger partial charge in [0.25, 0.3) is 0 Å². The Hall–Kier alpha value is 0.390. The number of hydrogen-bond donors (Lipinski definition) is 0. The number of hydrogen-bond acceptors (Lipinski definition) is 1. The minimum Gasteiger partial charge on any atom is -0.288 e. The molecule has 0 radical (unpaired) electrons. The Bertz CT molecular complexity index is 73.3. The topological polar surface area (TPSA) is 3.24 Å². The molecule has 0 aliphatic heterocycles. The molecule has 0 aliphatic rings. The van der Waals surface area contributed by atoms with Crippen LogP contribution in [0.1, 0.15) is 27.2 Å². The quantitative estimate of drug-likeness (QED) is 0.573. The van der Waals surface area contributed by atoms with E-state index in [4.69, 9.17) is 0 Å². The molecule has 0 aliphatic carbocycles. The fourth-order valence-electron chi connectivity index (χ4n) is 1.15. The van der Waals surface area contributed by atoms with E-state index in [0.717, 1.165) is 5.66 Å². The monoisotopic (exact) mass is 161 g/mol. The van der Waals surface area contributed by atoms with Crippen LogP contribution >= 0.6 is 8.07 Å². The molecule has 2 heteroatoms. The van der Waals surface area contributed by atoms with Gasteiger partial charge in [0.1, 0.15) is 0 Å². The largest absolute Gasteiger partial charge is 0.288 e. The lowest BCUT2D eigenvalue weighted by molar-refractivity contribution is 0.661. The smallest absolute Gasteiger partial charge is 0.00971 e. The zero-order valence-corrected chi connectivity index (χ0v) is 8.78. The fourth-order valence-corrected chi connectivity index (χ4v) is 3.45. The van der Waals surface area contributed by atoms with Crippen molar-refractivity contribution in [1.82, 2.24) is 4.67 Å². The summed E-state index contributed by atoms with van der Waals surface area (Å²) < 4.78 is 2.39. The Morgan fingerprint density at radius 3 is 1.90 bits per heavy atom. The van der Waals surface area contributed by atoms with Gasteiger partial charge in [-0.3, -0.25) is 4.67 Å². The third-order valence-electron chi connectivity index (χ3n) is 1.56. The highest BCUT2D eigenvalue weighted by molar-refractivity contribution is 7.55. The maximum Gasteiger partial charge on any atom is -0.00971 e. The Labute approximate surface area is 66.6 Å². The van der Waals surface area contributed by atoms with Crippen molar-refractivity contribution >= 4 is 8.07 Å². The van der Waals surface area contributed by atoms with Gasteiger partial charge in [-0.25, -0.2) is 0 Å². The molecule has 0 bridgehead atoms. The summed E-state index contributed by atoms with van der Waals surface area (Å²) >= 11 is 0. The summed E-state index contributed by atoms with van der Waals surface area (Å²) in [7, 11) is 4.55. The minimum absolute atomic E-state index is 0.155. The van der Waals surface area contributed by atoms with Gasteiger partial charge in [0, 0.05) is 0 Å². The third kappa shape index (κ3) is 3.53. The van der Waals surface area contributed by atoms with Crippen LogP contribution < -0.4 is 0 Å². The molecule has 1 unspecified atom stereocenters. The Balaban J connectivity index is 3.73. The molecule has 0 aromatic heterocycles. The van der Waals surface area contributed by atoms with Crippen LogP contribution in [0, 0.1) is 0 Å². The molecule has 1 atom stereocenters. The van der Waals surface area contributed by atoms with Crippen molar-refractivity contribution < 1.29 is 0 Å². The van der Waals surface area contributed by atoms with E-state index >= 15 is 0 Å². The van der Waals surface area contributed by atoms with Crippen molar-refractivity contribution in [2.75, 3.05) is 20.3 Å². The molecule has 0 saturated carbocycles. The van der Waals surface area contributed by atoms with Gasteiger partial charge in [0.05, 0.1) is 0 Å². The molecule has 0 aromatic carbocycles. The maximum atomic E-state index is 2.39. The molecule has 0 N–H and O–H groups in total. The van der Waals surface area contributed by atoms with Crippen molar-refractivity contribution in [3.63, 3.8) is 0 Å². The zero-order chi connectivity index (χ0) is 8.15. The SMILES string of the molecule is CCCP(C(C)C)N(C)C. The van der Waals surface area contributed by atoms with E-state index in [1.54, 1.807) is 0 Å². The summed E-state index contributed by atoms with van der Waals surface area (Å²) in [4.78, 5) is 0. The molecule has 0 rings (SSSR count). The van der Waals surface area contributed by atoms with E-state index in [9.17, 15) is 0 Å². The van der Waals surface area contributed by atoms with Gasteiger partial charge in [0.15, 0.2) is 0 Å². The van der Waals surface area contributed by atoms with Crippen LogP contribution in [-0.4, -0.2) is 30.6 Å². The predicted molar refractivity (Wildman–Crippen MR) is 50.9 cm³/mol. The van der Waals surface area contributed by atoms with Crippen LogP contribution in [0.4, 0.5) is 0 Å². The lowest BCUT2D eigenvalue weighted by atomic mass is 10.6. The molecule has 0 spiro atoms. The lowest BCUT2D eigenvalue weighted by Gasteiger charge is -2.27. The van der Waals surface area contributed by atoms with E-state index in [-0.39, 0.29) is 8.07 Å². The highest BCUT2D eigenvalue weighted by Crippen LogP contribution is 2.42. The molecule has 0 amide bonds. The van der Waals surface area contributed by atoms with E-state index in [2.05, 4.69) is 39.5 Å². The second kappa shape index (κ2) is 5.09. The van der Waals surface area contributed by atoms with Gasteiger partial charge in [-0.1, -0.05) is 27.2 Å². The highest BCUT2D eigenvalue weighted by atomic mass is 31.1. The third-order valence-corrected chi connectivity index (χ3v) is 4.69. The van der Waals surface area contributed by atoms with E-state index < -0.39 is 0 Å². The Morgan fingerprint density at radius 1 is 1.30 bits per heavy atom. The summed E-state index contributed by atoms with van der Waals surface area (Å²) in [5.74, 6) is 0. The summed E-state index contributed by atoms with van der Waals surface area (Å²) in [6.45, 7) is 6.91. The van der Waals surface area contributed by atoms with Gasteiger partial charge in [0.2, 0.25) is 0 Å². The van der Waals surface area contributed by atoms with Gasteiger partial charge in [-0.05, 0) is 34.0 Å². The lowest BCUT2D eigenvalue weighted by Crippen LogP contribution is -2.13. The van der Waals surface area contributed by atoms with Crippen molar-refractivity contribution in [1.29, 1.82) is 0 Å². The van der Waals surface area contributed by atoms with Crippen molar-refractivity contribution in [2.24, 2.45) is 0 Å². The standard InChI is InChI=1S/C8H20NP/c1-6-7-10(8(2)3)9(4)5/h8H,6-7H2,1-5H3.